The molecular weight excluding hydrogens is 397 g/mol. The van der Waals surface area contributed by atoms with E-state index in [-0.39, 0.29) is 17.5 Å². The summed E-state index contributed by atoms with van der Waals surface area (Å²) in [7, 11) is 0. The summed E-state index contributed by atoms with van der Waals surface area (Å²) in [6, 6.07) is 11.1. The summed E-state index contributed by atoms with van der Waals surface area (Å²) in [4.78, 5) is 25.4. The highest BCUT2D eigenvalue weighted by Gasteiger charge is 2.48. The van der Waals surface area contributed by atoms with Gasteiger partial charge in [-0.1, -0.05) is 18.2 Å². The maximum atomic E-state index is 12.8. The number of carbonyl (C=O) groups is 2. The molecule has 0 radical (unpaired) electrons. The van der Waals surface area contributed by atoms with Gasteiger partial charge < -0.3 is 10.4 Å². The molecule has 1 saturated carbocycles. The summed E-state index contributed by atoms with van der Waals surface area (Å²) in [5.74, 6) is -0.559. The van der Waals surface area contributed by atoms with Gasteiger partial charge in [0.1, 0.15) is 0 Å². The third-order valence-corrected chi connectivity index (χ3v) is 5.07. The van der Waals surface area contributed by atoms with Gasteiger partial charge in [0.25, 0.3) is 5.91 Å². The van der Waals surface area contributed by atoms with E-state index in [4.69, 9.17) is 0 Å². The van der Waals surface area contributed by atoms with Gasteiger partial charge in [-0.2, -0.15) is 13.2 Å². The normalized spacial score (nSPS) is 18.6. The predicted octanol–water partition coefficient (Wildman–Crippen LogP) is 5.59. The number of halogens is 3. The Hall–Kier alpha value is -3.03. The standard InChI is InChI=1S/C22H23F3N2O3/c1-21(2,3)27(20(29)30)18-12-17(18)13-7-9-16(10-8-13)26-19(28)14-5-4-6-15(11-14)22(23,24)25/h4-11,17-18H,12H2,1-3H3,(H,26,28)(H,29,30)/t17-,18+/m0/s1. The van der Waals surface area contributed by atoms with Crippen molar-refractivity contribution < 1.29 is 27.9 Å². The zero-order valence-corrected chi connectivity index (χ0v) is 16.8. The second-order valence-electron chi connectivity index (χ2n) is 8.39. The topological polar surface area (TPSA) is 69.6 Å². The number of carboxylic acid groups (broad SMARTS) is 1. The Balaban J connectivity index is 1.67. The molecule has 0 unspecified atom stereocenters. The second kappa shape index (κ2) is 7.66. The van der Waals surface area contributed by atoms with Crippen molar-refractivity contribution in [1.82, 2.24) is 4.90 Å². The van der Waals surface area contributed by atoms with Crippen LogP contribution in [-0.4, -0.2) is 33.6 Å². The number of rotatable bonds is 4. The Kier molecular flexibility index (Phi) is 5.54. The van der Waals surface area contributed by atoms with Gasteiger partial charge in [0.2, 0.25) is 0 Å². The Labute approximate surface area is 172 Å². The molecule has 30 heavy (non-hydrogen) atoms. The van der Waals surface area contributed by atoms with Gasteiger partial charge in [-0.05, 0) is 63.1 Å². The van der Waals surface area contributed by atoms with Gasteiger partial charge in [-0.25, -0.2) is 4.79 Å². The molecule has 2 N–H and O–H groups in total. The number of benzene rings is 2. The van der Waals surface area contributed by atoms with E-state index in [1.54, 1.807) is 24.3 Å². The first kappa shape index (κ1) is 21.7. The lowest BCUT2D eigenvalue weighted by atomic mass is 10.0. The highest BCUT2D eigenvalue weighted by atomic mass is 19.4. The predicted molar refractivity (Wildman–Crippen MR) is 107 cm³/mol. The number of amides is 2. The number of nitrogens with one attached hydrogen (secondary N) is 1. The van der Waals surface area contributed by atoms with Crippen molar-refractivity contribution >= 4 is 17.7 Å². The maximum Gasteiger partial charge on any atom is 0.416 e. The van der Waals surface area contributed by atoms with E-state index in [0.717, 1.165) is 24.1 Å². The van der Waals surface area contributed by atoms with Gasteiger partial charge >= 0.3 is 12.3 Å². The van der Waals surface area contributed by atoms with Crippen molar-refractivity contribution in [3.63, 3.8) is 0 Å². The lowest BCUT2D eigenvalue weighted by molar-refractivity contribution is -0.137. The van der Waals surface area contributed by atoms with Gasteiger partial charge in [0, 0.05) is 28.7 Å². The summed E-state index contributed by atoms with van der Waals surface area (Å²) >= 11 is 0. The van der Waals surface area contributed by atoms with Crippen molar-refractivity contribution in [3.05, 3.63) is 65.2 Å². The molecule has 0 spiro atoms. The molecule has 1 fully saturated rings. The fraction of sp³-hybridized carbons (Fsp3) is 0.364. The summed E-state index contributed by atoms with van der Waals surface area (Å²) in [5, 5.41) is 12.1. The average Bonchev–Trinajstić information content (AvgIpc) is 3.40. The van der Waals surface area contributed by atoms with Gasteiger partial charge in [0.15, 0.2) is 0 Å². The van der Waals surface area contributed by atoms with Crippen LogP contribution in [0, 0.1) is 0 Å². The molecule has 0 bridgehead atoms. The molecule has 2 aromatic carbocycles. The maximum absolute atomic E-state index is 12.8. The molecule has 2 atom stereocenters. The van der Waals surface area contributed by atoms with Crippen LogP contribution in [0.2, 0.25) is 0 Å². The number of carbonyl (C=O) groups excluding carboxylic acids is 1. The van der Waals surface area contributed by atoms with E-state index in [9.17, 15) is 27.9 Å². The molecule has 2 aromatic rings. The van der Waals surface area contributed by atoms with E-state index >= 15 is 0 Å². The largest absolute Gasteiger partial charge is 0.465 e. The Morgan fingerprint density at radius 2 is 1.70 bits per heavy atom. The van der Waals surface area contributed by atoms with E-state index < -0.39 is 29.3 Å². The first-order valence-electron chi connectivity index (χ1n) is 9.49. The Morgan fingerprint density at radius 3 is 2.23 bits per heavy atom. The minimum absolute atomic E-state index is 0.0774. The minimum atomic E-state index is -4.52. The van der Waals surface area contributed by atoms with E-state index in [0.29, 0.717) is 5.69 Å². The summed E-state index contributed by atoms with van der Waals surface area (Å²) < 4.78 is 38.5. The molecule has 0 heterocycles. The molecule has 2 amide bonds. The summed E-state index contributed by atoms with van der Waals surface area (Å²) in [6.45, 7) is 5.55. The van der Waals surface area contributed by atoms with Crippen LogP contribution in [0.3, 0.4) is 0 Å². The molecule has 1 aliphatic rings. The molecule has 160 valence electrons. The molecule has 0 aliphatic heterocycles. The fourth-order valence-electron chi connectivity index (χ4n) is 3.61. The molecule has 0 saturated heterocycles. The molecule has 5 nitrogen and oxygen atoms in total. The van der Waals surface area contributed by atoms with Crippen LogP contribution in [0.1, 0.15) is 54.6 Å². The van der Waals surface area contributed by atoms with Crippen LogP contribution < -0.4 is 5.32 Å². The fourth-order valence-corrected chi connectivity index (χ4v) is 3.61. The van der Waals surface area contributed by atoms with Crippen LogP contribution in [0.5, 0.6) is 0 Å². The molecule has 8 heteroatoms. The smallest absolute Gasteiger partial charge is 0.416 e. The highest BCUT2D eigenvalue weighted by molar-refractivity contribution is 6.04. The monoisotopic (exact) mass is 420 g/mol. The van der Waals surface area contributed by atoms with Crippen molar-refractivity contribution in [2.75, 3.05) is 5.32 Å². The van der Waals surface area contributed by atoms with Crippen LogP contribution in [0.15, 0.2) is 48.5 Å². The first-order chi connectivity index (χ1) is 13.9. The van der Waals surface area contributed by atoms with Gasteiger partial charge in [-0.15, -0.1) is 0 Å². The van der Waals surface area contributed by atoms with Crippen molar-refractivity contribution in [3.8, 4) is 0 Å². The third kappa shape index (κ3) is 4.75. The van der Waals surface area contributed by atoms with Crippen molar-refractivity contribution in [1.29, 1.82) is 0 Å². The van der Waals surface area contributed by atoms with E-state index in [2.05, 4.69) is 5.32 Å². The van der Waals surface area contributed by atoms with Crippen LogP contribution in [-0.2, 0) is 6.18 Å². The van der Waals surface area contributed by atoms with Crippen LogP contribution in [0.4, 0.5) is 23.7 Å². The minimum Gasteiger partial charge on any atom is -0.465 e. The molecule has 3 rings (SSSR count). The van der Waals surface area contributed by atoms with E-state index in [1.807, 2.05) is 20.8 Å². The lowest BCUT2D eigenvalue weighted by Crippen LogP contribution is -2.46. The van der Waals surface area contributed by atoms with Gasteiger partial charge in [0.05, 0.1) is 5.56 Å². The highest BCUT2D eigenvalue weighted by Crippen LogP contribution is 2.47. The van der Waals surface area contributed by atoms with Crippen molar-refractivity contribution in [2.24, 2.45) is 0 Å². The summed E-state index contributed by atoms with van der Waals surface area (Å²) in [6.07, 6.45) is -4.75. The second-order valence-corrected chi connectivity index (χ2v) is 8.39. The quantitative estimate of drug-likeness (QED) is 0.677. The third-order valence-electron chi connectivity index (χ3n) is 5.07. The zero-order valence-electron chi connectivity index (χ0n) is 16.8. The molecule has 0 aromatic heterocycles. The summed E-state index contributed by atoms with van der Waals surface area (Å²) in [5.41, 5.74) is -0.0770. The Bertz CT molecular complexity index is 949. The van der Waals surface area contributed by atoms with Gasteiger partial charge in [-0.3, -0.25) is 9.69 Å². The number of nitrogens with zero attached hydrogens (tertiary/aromatic N) is 1. The van der Waals surface area contributed by atoms with Crippen LogP contribution >= 0.6 is 0 Å². The zero-order chi connectivity index (χ0) is 22.3. The Morgan fingerprint density at radius 1 is 1.07 bits per heavy atom. The van der Waals surface area contributed by atoms with E-state index in [1.165, 1.54) is 17.0 Å². The number of alkyl halides is 3. The average molecular weight is 420 g/mol. The number of hydrogen-bond donors (Lipinski definition) is 2. The first-order valence-corrected chi connectivity index (χ1v) is 9.49. The van der Waals surface area contributed by atoms with Crippen molar-refractivity contribution in [2.45, 2.75) is 50.9 Å². The lowest BCUT2D eigenvalue weighted by Gasteiger charge is -2.33. The SMILES string of the molecule is CC(C)(C)N(C(=O)O)[C@@H]1C[C@H]1c1ccc(NC(=O)c2cccc(C(F)(F)F)c2)cc1. The molecular formula is C22H23F3N2O3. The number of anilines is 1. The number of hydrogen-bond acceptors (Lipinski definition) is 2. The molecule has 1 aliphatic carbocycles. The van der Waals surface area contributed by atoms with Crippen LogP contribution in [0.25, 0.3) is 0 Å².